The van der Waals surface area contributed by atoms with Gasteiger partial charge in [-0.25, -0.2) is 8.42 Å². The molecule has 3 aromatic carbocycles. The summed E-state index contributed by atoms with van der Waals surface area (Å²) in [6.45, 7) is 8.85. The highest BCUT2D eigenvalue weighted by Crippen LogP contribution is 2.25. The Hall–Kier alpha value is -3.03. The number of rotatable bonds is 8. The van der Waals surface area contributed by atoms with Crippen LogP contribution in [0.25, 0.3) is 0 Å². The first-order valence-electron chi connectivity index (χ1n) is 10.9. The lowest BCUT2D eigenvalue weighted by Gasteiger charge is -2.19. The third kappa shape index (κ3) is 6.74. The molecule has 0 saturated carbocycles. The zero-order valence-electron chi connectivity index (χ0n) is 19.7. The van der Waals surface area contributed by atoms with Crippen LogP contribution < -0.4 is 14.8 Å². The number of ether oxygens (including phenoxy) is 1. The lowest BCUT2D eigenvalue weighted by atomic mass is 9.87. The van der Waals surface area contributed by atoms with Crippen molar-refractivity contribution in [3.05, 3.63) is 88.4 Å². The van der Waals surface area contributed by atoms with E-state index in [1.54, 1.807) is 12.1 Å². The summed E-state index contributed by atoms with van der Waals surface area (Å²) in [6, 6.07) is 18.8. The Kier molecular flexibility index (Phi) is 7.89. The van der Waals surface area contributed by atoms with Crippen molar-refractivity contribution in [1.82, 2.24) is 5.32 Å². The van der Waals surface area contributed by atoms with Crippen molar-refractivity contribution in [2.75, 3.05) is 17.9 Å². The summed E-state index contributed by atoms with van der Waals surface area (Å²) in [5.74, 6) is 0.292. The minimum absolute atomic E-state index is 0.0641. The minimum atomic E-state index is -3.79. The summed E-state index contributed by atoms with van der Waals surface area (Å²) in [5, 5.41) is 2.97. The lowest BCUT2D eigenvalue weighted by Crippen LogP contribution is -2.28. The van der Waals surface area contributed by atoms with Gasteiger partial charge in [-0.3, -0.25) is 9.52 Å². The summed E-state index contributed by atoms with van der Waals surface area (Å²) >= 11 is 6.19. The number of benzene rings is 3. The molecular formula is C26H29ClN2O4S. The summed E-state index contributed by atoms with van der Waals surface area (Å²) in [5.41, 5.74) is 2.64. The molecule has 34 heavy (non-hydrogen) atoms. The Morgan fingerprint density at radius 1 is 0.971 bits per heavy atom. The Labute approximate surface area is 206 Å². The summed E-state index contributed by atoms with van der Waals surface area (Å²) < 4.78 is 33.5. The van der Waals surface area contributed by atoms with Crippen molar-refractivity contribution in [2.45, 2.75) is 38.0 Å². The zero-order chi connectivity index (χ0) is 24.9. The van der Waals surface area contributed by atoms with E-state index >= 15 is 0 Å². The predicted octanol–water partition coefficient (Wildman–Crippen LogP) is 5.56. The highest BCUT2D eigenvalue weighted by atomic mass is 35.5. The van der Waals surface area contributed by atoms with Gasteiger partial charge in [-0.05, 0) is 60.4 Å². The van der Waals surface area contributed by atoms with Gasteiger partial charge in [0.1, 0.15) is 12.4 Å². The molecule has 0 heterocycles. The second-order valence-electron chi connectivity index (χ2n) is 8.99. The topological polar surface area (TPSA) is 84.5 Å². The Balaban J connectivity index is 1.58. The number of carbonyl (C=O) groups excluding carboxylic acids is 1. The van der Waals surface area contributed by atoms with E-state index in [9.17, 15) is 13.2 Å². The van der Waals surface area contributed by atoms with Gasteiger partial charge in [0.05, 0.1) is 22.0 Å². The van der Waals surface area contributed by atoms with Gasteiger partial charge in [-0.1, -0.05) is 62.2 Å². The lowest BCUT2D eigenvalue weighted by molar-refractivity contribution is 0.0947. The molecule has 0 aliphatic rings. The van der Waals surface area contributed by atoms with Crippen LogP contribution in [0.4, 0.5) is 5.69 Å². The summed E-state index contributed by atoms with van der Waals surface area (Å²) in [6.07, 6.45) is 0. The maximum atomic E-state index is 12.6. The number of carbonyl (C=O) groups is 1. The van der Waals surface area contributed by atoms with Gasteiger partial charge in [0.2, 0.25) is 0 Å². The molecule has 1 amide bonds. The van der Waals surface area contributed by atoms with Gasteiger partial charge in [0.25, 0.3) is 15.9 Å². The van der Waals surface area contributed by atoms with E-state index in [1.807, 2.05) is 31.2 Å². The number of halogens is 1. The van der Waals surface area contributed by atoms with Crippen LogP contribution >= 0.6 is 11.6 Å². The largest absolute Gasteiger partial charge is 0.492 e. The highest BCUT2D eigenvalue weighted by Gasteiger charge is 2.17. The van der Waals surface area contributed by atoms with Gasteiger partial charge >= 0.3 is 0 Å². The smallest absolute Gasteiger partial charge is 0.261 e. The number of amides is 1. The van der Waals surface area contributed by atoms with Crippen molar-refractivity contribution < 1.29 is 17.9 Å². The SMILES string of the molecule is Cc1ccc(S(=O)(=O)Nc2ccc(Cl)c(C(=O)NCCOc3ccc(C(C)(C)C)cc3)c2)cc1. The Morgan fingerprint density at radius 2 is 1.62 bits per heavy atom. The molecule has 0 aromatic heterocycles. The quantitative estimate of drug-likeness (QED) is 0.397. The first kappa shape index (κ1) is 25.6. The molecule has 3 aromatic rings. The molecule has 0 bridgehead atoms. The molecule has 0 saturated heterocycles. The van der Waals surface area contributed by atoms with Crippen molar-refractivity contribution in [3.63, 3.8) is 0 Å². The second-order valence-corrected chi connectivity index (χ2v) is 11.1. The average molecular weight is 501 g/mol. The zero-order valence-corrected chi connectivity index (χ0v) is 21.3. The van der Waals surface area contributed by atoms with Gasteiger partial charge in [-0.2, -0.15) is 0 Å². The van der Waals surface area contributed by atoms with E-state index in [1.165, 1.54) is 35.9 Å². The molecular weight excluding hydrogens is 472 g/mol. The van der Waals surface area contributed by atoms with Crippen LogP contribution in [0.3, 0.4) is 0 Å². The average Bonchev–Trinajstić information content (AvgIpc) is 2.77. The van der Waals surface area contributed by atoms with Crippen LogP contribution in [0.5, 0.6) is 5.75 Å². The number of nitrogens with one attached hydrogen (secondary N) is 2. The van der Waals surface area contributed by atoms with Gasteiger partial charge in [-0.15, -0.1) is 0 Å². The molecule has 6 nitrogen and oxygen atoms in total. The van der Waals surface area contributed by atoms with E-state index in [2.05, 4.69) is 30.8 Å². The minimum Gasteiger partial charge on any atom is -0.492 e. The molecule has 0 aliphatic carbocycles. The molecule has 0 atom stereocenters. The van der Waals surface area contributed by atoms with E-state index in [-0.39, 0.29) is 39.7 Å². The molecule has 0 aliphatic heterocycles. The number of aryl methyl sites for hydroxylation is 1. The van der Waals surface area contributed by atoms with E-state index in [0.29, 0.717) is 5.75 Å². The third-order valence-corrected chi connectivity index (χ3v) is 6.90. The molecule has 0 radical (unpaired) electrons. The monoisotopic (exact) mass is 500 g/mol. The first-order chi connectivity index (χ1) is 16.0. The van der Waals surface area contributed by atoms with Crippen molar-refractivity contribution in [1.29, 1.82) is 0 Å². The molecule has 0 fully saturated rings. The summed E-state index contributed by atoms with van der Waals surface area (Å²) in [7, 11) is -3.79. The fraction of sp³-hybridized carbons (Fsp3) is 0.269. The molecule has 8 heteroatoms. The van der Waals surface area contributed by atoms with Gasteiger partial charge < -0.3 is 10.1 Å². The maximum Gasteiger partial charge on any atom is 0.261 e. The van der Waals surface area contributed by atoms with Crippen LogP contribution in [-0.2, 0) is 15.4 Å². The predicted molar refractivity (Wildman–Crippen MR) is 136 cm³/mol. The van der Waals surface area contributed by atoms with Crippen LogP contribution in [0.1, 0.15) is 42.3 Å². The fourth-order valence-electron chi connectivity index (χ4n) is 3.17. The maximum absolute atomic E-state index is 12.6. The van der Waals surface area contributed by atoms with E-state index in [4.69, 9.17) is 16.3 Å². The molecule has 3 rings (SSSR count). The highest BCUT2D eigenvalue weighted by molar-refractivity contribution is 7.92. The van der Waals surface area contributed by atoms with Crippen LogP contribution in [0, 0.1) is 6.92 Å². The Morgan fingerprint density at radius 3 is 2.24 bits per heavy atom. The van der Waals surface area contributed by atoms with E-state index in [0.717, 1.165) is 5.56 Å². The second kappa shape index (κ2) is 10.5. The number of hydrogen-bond donors (Lipinski definition) is 2. The number of hydrogen-bond acceptors (Lipinski definition) is 4. The van der Waals surface area contributed by atoms with Crippen molar-refractivity contribution >= 4 is 33.2 Å². The van der Waals surface area contributed by atoms with E-state index < -0.39 is 15.9 Å². The Bertz CT molecular complexity index is 1250. The fourth-order valence-corrected chi connectivity index (χ4v) is 4.43. The van der Waals surface area contributed by atoms with Gasteiger partial charge in [0.15, 0.2) is 0 Å². The normalized spacial score (nSPS) is 11.7. The molecule has 180 valence electrons. The molecule has 2 N–H and O–H groups in total. The first-order valence-corrected chi connectivity index (χ1v) is 12.7. The number of anilines is 1. The molecule has 0 spiro atoms. The number of sulfonamides is 1. The van der Waals surface area contributed by atoms with Crippen LogP contribution in [0.2, 0.25) is 5.02 Å². The van der Waals surface area contributed by atoms with Crippen LogP contribution in [0.15, 0.2) is 71.6 Å². The van der Waals surface area contributed by atoms with Crippen LogP contribution in [-0.4, -0.2) is 27.5 Å². The van der Waals surface area contributed by atoms with Gasteiger partial charge in [0, 0.05) is 5.69 Å². The molecule has 0 unspecified atom stereocenters. The standard InChI is InChI=1S/C26H29ClN2O4S/c1-18-5-12-22(13-6-18)34(31,32)29-20-9-14-24(27)23(17-20)25(30)28-15-16-33-21-10-7-19(8-11-21)26(2,3)4/h5-14,17,29H,15-16H2,1-4H3,(H,28,30). The van der Waals surface area contributed by atoms with Crippen molar-refractivity contribution in [2.24, 2.45) is 0 Å². The summed E-state index contributed by atoms with van der Waals surface area (Å²) in [4.78, 5) is 12.8. The third-order valence-electron chi connectivity index (χ3n) is 5.17. The van der Waals surface area contributed by atoms with Crippen molar-refractivity contribution in [3.8, 4) is 5.75 Å².